The lowest BCUT2D eigenvalue weighted by Gasteiger charge is -2.27. The van der Waals surface area contributed by atoms with Crippen LogP contribution in [-0.2, 0) is 11.2 Å². The van der Waals surface area contributed by atoms with E-state index in [0.29, 0.717) is 6.42 Å². The van der Waals surface area contributed by atoms with E-state index in [9.17, 15) is 9.90 Å². The van der Waals surface area contributed by atoms with Crippen LogP contribution >= 0.6 is 15.9 Å². The van der Waals surface area contributed by atoms with Crippen molar-refractivity contribution in [3.63, 3.8) is 0 Å². The number of carbonyl (C=O) groups is 1. The summed E-state index contributed by atoms with van der Waals surface area (Å²) in [6.45, 7) is 5.89. The molecule has 0 fully saturated rings. The smallest absolute Gasteiger partial charge is 0.307 e. The second kappa shape index (κ2) is 5.00. The Bertz CT molecular complexity index is 380. The second-order valence-electron chi connectivity index (χ2n) is 5.09. The van der Waals surface area contributed by atoms with Gasteiger partial charge in [-0.2, -0.15) is 0 Å². The summed E-state index contributed by atoms with van der Waals surface area (Å²) in [6.07, 6.45) is 0.568. The largest absolute Gasteiger partial charge is 0.481 e. The molecule has 0 saturated carbocycles. The molecule has 0 aliphatic carbocycles. The van der Waals surface area contributed by atoms with Gasteiger partial charge in [-0.1, -0.05) is 48.8 Å². The molecule has 0 heterocycles. The van der Waals surface area contributed by atoms with Crippen LogP contribution in [0.2, 0.25) is 0 Å². The van der Waals surface area contributed by atoms with E-state index in [2.05, 4.69) is 15.9 Å². The quantitative estimate of drug-likeness (QED) is 0.918. The Morgan fingerprint density at radius 1 is 1.44 bits per heavy atom. The molecule has 0 aliphatic rings. The second-order valence-corrected chi connectivity index (χ2v) is 6.01. The predicted octanol–water partition coefficient (Wildman–Crippen LogP) is 3.74. The molecule has 16 heavy (non-hydrogen) atoms. The zero-order valence-corrected chi connectivity index (χ0v) is 11.4. The molecule has 1 N–H and O–H groups in total. The number of hydrogen-bond acceptors (Lipinski definition) is 1. The molecule has 1 unspecified atom stereocenters. The van der Waals surface area contributed by atoms with E-state index in [-0.39, 0.29) is 11.3 Å². The maximum absolute atomic E-state index is 11.2. The number of benzene rings is 1. The van der Waals surface area contributed by atoms with Crippen molar-refractivity contribution < 1.29 is 9.90 Å². The zero-order valence-electron chi connectivity index (χ0n) is 9.83. The number of carboxylic acid groups (broad SMARTS) is 1. The molecule has 1 aromatic rings. The summed E-state index contributed by atoms with van der Waals surface area (Å²) in [5, 5.41) is 9.23. The van der Waals surface area contributed by atoms with Crippen LogP contribution in [-0.4, -0.2) is 11.1 Å². The molecule has 0 aliphatic heterocycles. The van der Waals surface area contributed by atoms with Gasteiger partial charge in [0.05, 0.1) is 5.92 Å². The van der Waals surface area contributed by atoms with Crippen molar-refractivity contribution in [1.82, 2.24) is 0 Å². The van der Waals surface area contributed by atoms with Gasteiger partial charge < -0.3 is 5.11 Å². The van der Waals surface area contributed by atoms with Crippen LogP contribution in [0.1, 0.15) is 26.3 Å². The average molecular weight is 285 g/mol. The van der Waals surface area contributed by atoms with Crippen LogP contribution < -0.4 is 0 Å². The van der Waals surface area contributed by atoms with Gasteiger partial charge in [0.2, 0.25) is 0 Å². The standard InChI is InChI=1S/C13H17BrO2/c1-13(2,3)11(12(15)16)8-9-5-4-6-10(14)7-9/h4-7,11H,8H2,1-3H3,(H,15,16). The first-order valence-electron chi connectivity index (χ1n) is 5.28. The molecule has 0 saturated heterocycles. The van der Waals surface area contributed by atoms with Gasteiger partial charge in [-0.05, 0) is 29.5 Å². The lowest BCUT2D eigenvalue weighted by Crippen LogP contribution is -2.30. The molecule has 0 amide bonds. The van der Waals surface area contributed by atoms with Gasteiger partial charge in [0.1, 0.15) is 0 Å². The lowest BCUT2D eigenvalue weighted by molar-refractivity contribution is -0.145. The zero-order chi connectivity index (χ0) is 12.3. The Morgan fingerprint density at radius 3 is 2.50 bits per heavy atom. The van der Waals surface area contributed by atoms with Crippen molar-refractivity contribution in [3.8, 4) is 0 Å². The highest BCUT2D eigenvalue weighted by atomic mass is 79.9. The van der Waals surface area contributed by atoms with Crippen LogP contribution in [0.4, 0.5) is 0 Å². The fraction of sp³-hybridized carbons (Fsp3) is 0.462. The Kier molecular flexibility index (Phi) is 4.14. The minimum atomic E-state index is -0.729. The van der Waals surface area contributed by atoms with Gasteiger partial charge in [-0.25, -0.2) is 0 Å². The number of aliphatic carboxylic acids is 1. The van der Waals surface area contributed by atoms with E-state index in [0.717, 1.165) is 10.0 Å². The third-order valence-corrected chi connectivity index (χ3v) is 3.17. The normalized spacial score (nSPS) is 13.5. The van der Waals surface area contributed by atoms with E-state index in [1.807, 2.05) is 45.0 Å². The highest BCUT2D eigenvalue weighted by molar-refractivity contribution is 9.10. The first kappa shape index (κ1) is 13.2. The summed E-state index contributed by atoms with van der Waals surface area (Å²) in [4.78, 5) is 11.2. The molecule has 88 valence electrons. The van der Waals surface area contributed by atoms with Crippen molar-refractivity contribution in [3.05, 3.63) is 34.3 Å². The maximum atomic E-state index is 11.2. The number of carboxylic acids is 1. The van der Waals surface area contributed by atoms with Gasteiger partial charge in [-0.15, -0.1) is 0 Å². The molecule has 2 nitrogen and oxygen atoms in total. The summed E-state index contributed by atoms with van der Waals surface area (Å²) in [6, 6.07) is 7.81. The third kappa shape index (κ3) is 3.63. The van der Waals surface area contributed by atoms with Crippen LogP contribution in [0.15, 0.2) is 28.7 Å². The first-order valence-corrected chi connectivity index (χ1v) is 6.07. The van der Waals surface area contributed by atoms with Crippen molar-refractivity contribution in [2.45, 2.75) is 27.2 Å². The van der Waals surface area contributed by atoms with Gasteiger partial charge in [0, 0.05) is 4.47 Å². The van der Waals surface area contributed by atoms with Crippen LogP contribution in [0.3, 0.4) is 0 Å². The number of halogens is 1. The Labute approximate surface area is 105 Å². The van der Waals surface area contributed by atoms with Gasteiger partial charge in [-0.3, -0.25) is 4.79 Å². The summed E-state index contributed by atoms with van der Waals surface area (Å²) in [5.41, 5.74) is 0.824. The molecule has 1 atom stereocenters. The Balaban J connectivity index is 2.89. The topological polar surface area (TPSA) is 37.3 Å². The van der Waals surface area contributed by atoms with E-state index >= 15 is 0 Å². The molecule has 0 radical (unpaired) electrons. The van der Waals surface area contributed by atoms with E-state index in [4.69, 9.17) is 0 Å². The van der Waals surface area contributed by atoms with Crippen LogP contribution in [0.5, 0.6) is 0 Å². The summed E-state index contributed by atoms with van der Waals surface area (Å²) < 4.78 is 0.989. The molecule has 0 aromatic heterocycles. The lowest BCUT2D eigenvalue weighted by atomic mass is 9.77. The van der Waals surface area contributed by atoms with E-state index in [1.165, 1.54) is 0 Å². The minimum absolute atomic E-state index is 0.228. The maximum Gasteiger partial charge on any atom is 0.307 e. The molecule has 0 spiro atoms. The van der Waals surface area contributed by atoms with Gasteiger partial charge in [0.15, 0.2) is 0 Å². The van der Waals surface area contributed by atoms with Crippen molar-refractivity contribution in [2.75, 3.05) is 0 Å². The van der Waals surface area contributed by atoms with E-state index < -0.39 is 5.97 Å². The first-order chi connectivity index (χ1) is 7.30. The van der Waals surface area contributed by atoms with Crippen molar-refractivity contribution in [1.29, 1.82) is 0 Å². The summed E-state index contributed by atoms with van der Waals surface area (Å²) in [5.74, 6) is -1.09. The fourth-order valence-electron chi connectivity index (χ4n) is 1.66. The van der Waals surface area contributed by atoms with Gasteiger partial charge >= 0.3 is 5.97 Å². The summed E-state index contributed by atoms with van der Waals surface area (Å²) >= 11 is 3.39. The number of rotatable bonds is 3. The van der Waals surface area contributed by atoms with Crippen molar-refractivity contribution in [2.24, 2.45) is 11.3 Å². The molecule has 3 heteroatoms. The molecular formula is C13H17BrO2. The Hall–Kier alpha value is -0.830. The van der Waals surface area contributed by atoms with Crippen LogP contribution in [0, 0.1) is 11.3 Å². The average Bonchev–Trinajstić information content (AvgIpc) is 2.12. The molecule has 1 aromatic carbocycles. The van der Waals surface area contributed by atoms with Gasteiger partial charge in [0.25, 0.3) is 0 Å². The molecular weight excluding hydrogens is 268 g/mol. The highest BCUT2D eigenvalue weighted by Crippen LogP contribution is 2.29. The Morgan fingerprint density at radius 2 is 2.06 bits per heavy atom. The molecule has 1 rings (SSSR count). The molecule has 0 bridgehead atoms. The number of hydrogen-bond donors (Lipinski definition) is 1. The monoisotopic (exact) mass is 284 g/mol. The summed E-state index contributed by atoms with van der Waals surface area (Å²) in [7, 11) is 0. The van der Waals surface area contributed by atoms with Crippen LogP contribution in [0.25, 0.3) is 0 Å². The predicted molar refractivity (Wildman–Crippen MR) is 68.4 cm³/mol. The third-order valence-electron chi connectivity index (χ3n) is 2.67. The SMILES string of the molecule is CC(C)(C)C(Cc1cccc(Br)c1)C(=O)O. The fourth-order valence-corrected chi connectivity index (χ4v) is 2.11. The van der Waals surface area contributed by atoms with E-state index in [1.54, 1.807) is 0 Å². The minimum Gasteiger partial charge on any atom is -0.481 e. The van der Waals surface area contributed by atoms with Crippen molar-refractivity contribution >= 4 is 21.9 Å². The highest BCUT2D eigenvalue weighted by Gasteiger charge is 2.31.